The number of rotatable bonds is 6. The zero-order chi connectivity index (χ0) is 12.9. The predicted molar refractivity (Wildman–Crippen MR) is 56.0 cm³/mol. The van der Waals surface area contributed by atoms with Crippen LogP contribution in [0, 0.1) is 0 Å². The van der Waals surface area contributed by atoms with E-state index >= 15 is 0 Å². The molecule has 0 aromatic carbocycles. The molecule has 96 valence electrons. The third-order valence-corrected chi connectivity index (χ3v) is 2.03. The number of nitrogens with zero attached hydrogens (tertiary/aromatic N) is 1. The van der Waals surface area contributed by atoms with Crippen molar-refractivity contribution < 1.29 is 22.7 Å². The third kappa shape index (κ3) is 3.69. The first-order valence-electron chi connectivity index (χ1n) is 5.16. The van der Waals surface area contributed by atoms with E-state index in [1.54, 1.807) is 7.05 Å². The Morgan fingerprint density at radius 1 is 1.65 bits per heavy atom. The molecule has 0 saturated carbocycles. The molecule has 1 rings (SSSR count). The first-order valence-corrected chi connectivity index (χ1v) is 5.16. The first kappa shape index (κ1) is 13.4. The molecule has 0 fully saturated rings. The maximum absolute atomic E-state index is 13.2. The summed E-state index contributed by atoms with van der Waals surface area (Å²) in [6.07, 6.45) is 0.561. The van der Waals surface area contributed by atoms with E-state index in [1.807, 2.05) is 0 Å². The van der Waals surface area contributed by atoms with Crippen molar-refractivity contribution in [2.75, 3.05) is 19.0 Å². The highest BCUT2D eigenvalue weighted by atomic mass is 19.3. The van der Waals surface area contributed by atoms with Crippen LogP contribution in [0.25, 0.3) is 0 Å². The number of esters is 1. The van der Waals surface area contributed by atoms with Crippen LogP contribution < -0.4 is 5.32 Å². The van der Waals surface area contributed by atoms with Crippen LogP contribution >= 0.6 is 0 Å². The largest absolute Gasteiger partial charge is 0.462 e. The number of alkyl halides is 2. The summed E-state index contributed by atoms with van der Waals surface area (Å²) in [5.41, 5.74) is 0.360. The van der Waals surface area contributed by atoms with Gasteiger partial charge in [0.2, 0.25) is 0 Å². The van der Waals surface area contributed by atoms with Crippen molar-refractivity contribution in [3.05, 3.63) is 12.0 Å². The summed E-state index contributed by atoms with van der Waals surface area (Å²) in [7, 11) is 1.60. The summed E-state index contributed by atoms with van der Waals surface area (Å²) in [4.78, 5) is 14.8. The second-order valence-electron chi connectivity index (χ2n) is 3.32. The van der Waals surface area contributed by atoms with E-state index in [9.17, 15) is 13.6 Å². The van der Waals surface area contributed by atoms with Crippen molar-refractivity contribution in [1.29, 1.82) is 0 Å². The molecule has 0 aliphatic heterocycles. The van der Waals surface area contributed by atoms with E-state index in [1.165, 1.54) is 13.2 Å². The molecule has 1 N–H and O–H groups in total. The molecule has 0 radical (unpaired) electrons. The number of ether oxygens (including phenoxy) is 1. The molecule has 0 spiro atoms. The third-order valence-electron chi connectivity index (χ3n) is 2.03. The molecule has 7 heteroatoms. The van der Waals surface area contributed by atoms with E-state index in [4.69, 9.17) is 4.42 Å². The van der Waals surface area contributed by atoms with Gasteiger partial charge < -0.3 is 14.5 Å². The minimum absolute atomic E-state index is 0.0585. The number of oxazole rings is 1. The monoisotopic (exact) mass is 248 g/mol. The van der Waals surface area contributed by atoms with Crippen LogP contribution in [-0.4, -0.2) is 30.5 Å². The molecule has 0 aliphatic rings. The SMILES string of the molecule is CCOC(=O)C(F)(F)CCc1coc(NC)n1. The lowest BCUT2D eigenvalue weighted by molar-refractivity contribution is -0.172. The van der Waals surface area contributed by atoms with E-state index in [2.05, 4.69) is 15.0 Å². The molecule has 0 aliphatic carbocycles. The second-order valence-corrected chi connectivity index (χ2v) is 3.32. The summed E-state index contributed by atoms with van der Waals surface area (Å²) in [6.45, 7) is 1.41. The highest BCUT2D eigenvalue weighted by Crippen LogP contribution is 2.23. The van der Waals surface area contributed by atoms with Gasteiger partial charge in [0.25, 0.3) is 6.01 Å². The summed E-state index contributed by atoms with van der Waals surface area (Å²) < 4.78 is 35.6. The second kappa shape index (κ2) is 5.60. The molecule has 5 nitrogen and oxygen atoms in total. The van der Waals surface area contributed by atoms with E-state index in [-0.39, 0.29) is 19.0 Å². The van der Waals surface area contributed by atoms with Gasteiger partial charge in [0, 0.05) is 13.5 Å². The van der Waals surface area contributed by atoms with E-state index in [0.29, 0.717) is 5.69 Å². The minimum Gasteiger partial charge on any atom is -0.462 e. The lowest BCUT2D eigenvalue weighted by Gasteiger charge is -2.13. The Morgan fingerprint density at radius 2 is 2.35 bits per heavy atom. The summed E-state index contributed by atoms with van der Waals surface area (Å²) in [6, 6.07) is 0.249. The van der Waals surface area contributed by atoms with Crippen molar-refractivity contribution in [3.8, 4) is 0 Å². The predicted octanol–water partition coefficient (Wildman–Crippen LogP) is 1.85. The van der Waals surface area contributed by atoms with Crippen LogP contribution in [0.4, 0.5) is 14.8 Å². The number of aromatic nitrogens is 1. The normalized spacial score (nSPS) is 11.3. The molecule has 17 heavy (non-hydrogen) atoms. The van der Waals surface area contributed by atoms with Crippen LogP contribution in [0.5, 0.6) is 0 Å². The van der Waals surface area contributed by atoms with E-state index < -0.39 is 18.3 Å². The number of hydrogen-bond donors (Lipinski definition) is 1. The molecular formula is C10H14F2N2O3. The Hall–Kier alpha value is -1.66. The summed E-state index contributed by atoms with van der Waals surface area (Å²) >= 11 is 0. The Kier molecular flexibility index (Phi) is 4.42. The average molecular weight is 248 g/mol. The maximum Gasteiger partial charge on any atom is 0.376 e. The standard InChI is InChI=1S/C10H14F2N2O3/c1-3-16-8(15)10(11,12)5-4-7-6-17-9(13-2)14-7/h6H,3-5H2,1-2H3,(H,13,14). The Balaban J connectivity index is 2.51. The van der Waals surface area contributed by atoms with E-state index in [0.717, 1.165) is 0 Å². The van der Waals surface area contributed by atoms with Gasteiger partial charge in [-0.05, 0) is 13.3 Å². The Morgan fingerprint density at radius 3 is 2.88 bits per heavy atom. The van der Waals surface area contributed by atoms with Crippen LogP contribution in [0.1, 0.15) is 19.0 Å². The average Bonchev–Trinajstić information content (AvgIpc) is 2.75. The fourth-order valence-corrected chi connectivity index (χ4v) is 1.16. The molecular weight excluding hydrogens is 234 g/mol. The van der Waals surface area contributed by atoms with Gasteiger partial charge in [-0.2, -0.15) is 13.8 Å². The molecule has 1 aromatic rings. The highest BCUT2D eigenvalue weighted by Gasteiger charge is 2.40. The molecule has 1 aromatic heterocycles. The zero-order valence-corrected chi connectivity index (χ0v) is 9.63. The molecule has 0 atom stereocenters. The van der Waals surface area contributed by atoms with Crippen molar-refractivity contribution in [3.63, 3.8) is 0 Å². The lowest BCUT2D eigenvalue weighted by Crippen LogP contribution is -2.31. The first-order chi connectivity index (χ1) is 7.99. The highest BCUT2D eigenvalue weighted by molar-refractivity contribution is 5.77. The Bertz CT molecular complexity index is 379. The summed E-state index contributed by atoms with van der Waals surface area (Å²) in [5.74, 6) is -4.99. The van der Waals surface area contributed by atoms with Gasteiger partial charge in [0.15, 0.2) is 0 Å². The fraction of sp³-hybridized carbons (Fsp3) is 0.600. The van der Waals surface area contributed by atoms with Crippen molar-refractivity contribution >= 4 is 12.0 Å². The van der Waals surface area contributed by atoms with Crippen molar-refractivity contribution in [1.82, 2.24) is 4.98 Å². The number of hydrogen-bond acceptors (Lipinski definition) is 5. The number of anilines is 1. The Labute approximate surface area is 97.2 Å². The van der Waals surface area contributed by atoms with Crippen molar-refractivity contribution in [2.24, 2.45) is 0 Å². The summed E-state index contributed by atoms with van der Waals surface area (Å²) in [5, 5.41) is 2.63. The number of carbonyl (C=O) groups excluding carboxylic acids is 1. The number of carbonyl (C=O) groups is 1. The molecule has 0 unspecified atom stereocenters. The van der Waals surface area contributed by atoms with Crippen LogP contribution in [0.15, 0.2) is 10.7 Å². The van der Waals surface area contributed by atoms with Gasteiger partial charge in [-0.3, -0.25) is 0 Å². The van der Waals surface area contributed by atoms with Gasteiger partial charge in [0.1, 0.15) is 6.26 Å². The minimum atomic E-state index is -3.49. The molecule has 0 amide bonds. The zero-order valence-electron chi connectivity index (χ0n) is 9.63. The van der Waals surface area contributed by atoms with Gasteiger partial charge in [-0.25, -0.2) is 4.79 Å². The number of halogens is 2. The number of aryl methyl sites for hydroxylation is 1. The van der Waals surface area contributed by atoms with Gasteiger partial charge >= 0.3 is 11.9 Å². The molecule has 0 saturated heterocycles. The number of nitrogens with one attached hydrogen (secondary N) is 1. The molecule has 1 heterocycles. The molecule has 0 bridgehead atoms. The smallest absolute Gasteiger partial charge is 0.376 e. The quantitative estimate of drug-likeness (QED) is 0.778. The van der Waals surface area contributed by atoms with Gasteiger partial charge in [-0.15, -0.1) is 0 Å². The lowest BCUT2D eigenvalue weighted by atomic mass is 10.1. The van der Waals surface area contributed by atoms with Crippen LogP contribution in [-0.2, 0) is 16.0 Å². The topological polar surface area (TPSA) is 64.4 Å². The van der Waals surface area contributed by atoms with Crippen LogP contribution in [0.3, 0.4) is 0 Å². The van der Waals surface area contributed by atoms with Gasteiger partial charge in [0.05, 0.1) is 12.3 Å². The van der Waals surface area contributed by atoms with Crippen molar-refractivity contribution in [2.45, 2.75) is 25.7 Å². The maximum atomic E-state index is 13.2. The fourth-order valence-electron chi connectivity index (χ4n) is 1.16. The van der Waals surface area contributed by atoms with Crippen LogP contribution in [0.2, 0.25) is 0 Å². The van der Waals surface area contributed by atoms with Gasteiger partial charge in [-0.1, -0.05) is 0 Å².